The van der Waals surface area contributed by atoms with Crippen LogP contribution in [0.2, 0.25) is 0 Å². The Kier molecular flexibility index (Phi) is 3.12. The summed E-state index contributed by atoms with van der Waals surface area (Å²) >= 11 is 0. The zero-order valence-electron chi connectivity index (χ0n) is 9.89. The van der Waals surface area contributed by atoms with Crippen molar-refractivity contribution < 1.29 is 4.79 Å². The van der Waals surface area contributed by atoms with E-state index in [9.17, 15) is 4.79 Å². The van der Waals surface area contributed by atoms with Gasteiger partial charge >= 0.3 is 6.03 Å². The molecule has 0 bridgehead atoms. The molecule has 1 aromatic rings. The van der Waals surface area contributed by atoms with Crippen LogP contribution in [0.5, 0.6) is 0 Å². The molecule has 0 N–H and O–H groups in total. The number of fused-ring (bicyclic) bond motifs is 1. The molecule has 0 aliphatic carbocycles. The van der Waals surface area contributed by atoms with Gasteiger partial charge < -0.3 is 14.4 Å². The van der Waals surface area contributed by atoms with Crippen LogP contribution in [0.15, 0.2) is 12.4 Å². The van der Waals surface area contributed by atoms with Gasteiger partial charge in [0.05, 0.1) is 6.54 Å². The lowest BCUT2D eigenvalue weighted by molar-refractivity contribution is 0.144. The van der Waals surface area contributed by atoms with Gasteiger partial charge in [0.15, 0.2) is 0 Å². The van der Waals surface area contributed by atoms with Gasteiger partial charge in [0.1, 0.15) is 5.82 Å². The predicted octanol–water partition coefficient (Wildman–Crippen LogP) is 1.16. The molecule has 0 spiro atoms. The molecule has 2 amide bonds. The molecule has 1 aromatic heterocycles. The van der Waals surface area contributed by atoms with E-state index >= 15 is 0 Å². The first-order valence-electron chi connectivity index (χ1n) is 5.80. The van der Waals surface area contributed by atoms with Crippen molar-refractivity contribution in [3.8, 4) is 0 Å². The Morgan fingerprint density at radius 3 is 2.88 bits per heavy atom. The van der Waals surface area contributed by atoms with Crippen LogP contribution in [0, 0.1) is 0 Å². The summed E-state index contributed by atoms with van der Waals surface area (Å²) in [5, 5.41) is 0. The van der Waals surface area contributed by atoms with E-state index in [1.54, 1.807) is 6.20 Å². The Balaban J connectivity index is 2.05. The molecule has 0 fully saturated rings. The Morgan fingerprint density at radius 2 is 2.19 bits per heavy atom. The third kappa shape index (κ3) is 1.89. The summed E-state index contributed by atoms with van der Waals surface area (Å²) < 4.78 is 2.10. The molecule has 1 aliphatic rings. The molecule has 2 rings (SSSR count). The second kappa shape index (κ2) is 4.55. The van der Waals surface area contributed by atoms with E-state index in [1.807, 2.05) is 29.8 Å². The third-order valence-corrected chi connectivity index (χ3v) is 3.05. The number of aromatic nitrogens is 2. The van der Waals surface area contributed by atoms with Gasteiger partial charge in [-0.2, -0.15) is 0 Å². The van der Waals surface area contributed by atoms with Crippen molar-refractivity contribution in [2.75, 3.05) is 19.6 Å². The van der Waals surface area contributed by atoms with Crippen molar-refractivity contribution in [2.24, 2.45) is 0 Å². The molecular weight excluding hydrogens is 204 g/mol. The van der Waals surface area contributed by atoms with Crippen LogP contribution in [-0.4, -0.2) is 45.0 Å². The Bertz CT molecular complexity index is 370. The van der Waals surface area contributed by atoms with Gasteiger partial charge in [0, 0.05) is 38.6 Å². The number of rotatable bonds is 2. The van der Waals surface area contributed by atoms with E-state index in [2.05, 4.69) is 9.55 Å². The molecule has 0 atom stereocenters. The lowest BCUT2D eigenvalue weighted by Gasteiger charge is -2.32. The second-order valence-electron chi connectivity index (χ2n) is 3.91. The van der Waals surface area contributed by atoms with Crippen molar-refractivity contribution in [1.29, 1.82) is 0 Å². The third-order valence-electron chi connectivity index (χ3n) is 3.05. The van der Waals surface area contributed by atoms with Gasteiger partial charge in [-0.05, 0) is 13.8 Å². The largest absolute Gasteiger partial charge is 0.332 e. The van der Waals surface area contributed by atoms with E-state index in [0.29, 0.717) is 6.54 Å². The number of imidazole rings is 1. The Hall–Kier alpha value is -1.52. The van der Waals surface area contributed by atoms with Gasteiger partial charge in [-0.1, -0.05) is 0 Å². The van der Waals surface area contributed by atoms with Gasteiger partial charge in [-0.15, -0.1) is 0 Å². The monoisotopic (exact) mass is 222 g/mol. The van der Waals surface area contributed by atoms with Crippen molar-refractivity contribution >= 4 is 6.03 Å². The molecule has 0 aromatic carbocycles. The van der Waals surface area contributed by atoms with Crippen molar-refractivity contribution in [2.45, 2.75) is 26.9 Å². The minimum atomic E-state index is 0.124. The fraction of sp³-hybridized carbons (Fsp3) is 0.636. The Morgan fingerprint density at radius 1 is 1.44 bits per heavy atom. The second-order valence-corrected chi connectivity index (χ2v) is 3.91. The molecule has 2 heterocycles. The van der Waals surface area contributed by atoms with Crippen LogP contribution in [0.3, 0.4) is 0 Å². The first kappa shape index (κ1) is 11.0. The SMILES string of the molecule is CCN(CC)C(=O)N1CCn2ccnc2C1. The molecule has 0 unspecified atom stereocenters. The van der Waals surface area contributed by atoms with Gasteiger partial charge in [0.2, 0.25) is 0 Å². The molecule has 5 nitrogen and oxygen atoms in total. The molecule has 5 heteroatoms. The highest BCUT2D eigenvalue weighted by molar-refractivity contribution is 5.74. The molecule has 16 heavy (non-hydrogen) atoms. The first-order chi connectivity index (χ1) is 7.76. The number of carbonyl (C=O) groups is 1. The van der Waals surface area contributed by atoms with Crippen LogP contribution in [0.25, 0.3) is 0 Å². The number of carbonyl (C=O) groups excluding carboxylic acids is 1. The maximum Gasteiger partial charge on any atom is 0.320 e. The number of hydrogen-bond donors (Lipinski definition) is 0. The average Bonchev–Trinajstić information content (AvgIpc) is 2.77. The summed E-state index contributed by atoms with van der Waals surface area (Å²) in [6.07, 6.45) is 3.76. The average molecular weight is 222 g/mol. The first-order valence-corrected chi connectivity index (χ1v) is 5.80. The maximum absolute atomic E-state index is 12.1. The highest BCUT2D eigenvalue weighted by Crippen LogP contribution is 2.12. The van der Waals surface area contributed by atoms with Crippen molar-refractivity contribution in [3.63, 3.8) is 0 Å². The molecule has 0 saturated heterocycles. The van der Waals surface area contributed by atoms with Gasteiger partial charge in [-0.25, -0.2) is 9.78 Å². The van der Waals surface area contributed by atoms with Crippen LogP contribution in [0.4, 0.5) is 4.79 Å². The normalized spacial score (nSPS) is 14.8. The van der Waals surface area contributed by atoms with Crippen LogP contribution in [0.1, 0.15) is 19.7 Å². The molecule has 1 aliphatic heterocycles. The molecule has 0 radical (unpaired) electrons. The molecular formula is C11H18N4O. The minimum absolute atomic E-state index is 0.124. The predicted molar refractivity (Wildman–Crippen MR) is 61.0 cm³/mol. The maximum atomic E-state index is 12.1. The lowest BCUT2D eigenvalue weighted by atomic mass is 10.3. The van der Waals surface area contributed by atoms with Gasteiger partial charge in [0.25, 0.3) is 0 Å². The standard InChI is InChI=1S/C11H18N4O/c1-3-13(4-2)11(16)15-8-7-14-6-5-12-10(14)9-15/h5-6H,3-4,7-9H2,1-2H3. The van der Waals surface area contributed by atoms with Crippen LogP contribution >= 0.6 is 0 Å². The van der Waals surface area contributed by atoms with E-state index in [4.69, 9.17) is 0 Å². The van der Waals surface area contributed by atoms with E-state index in [-0.39, 0.29) is 6.03 Å². The zero-order chi connectivity index (χ0) is 11.5. The molecule has 0 saturated carbocycles. The summed E-state index contributed by atoms with van der Waals surface area (Å²) in [5.74, 6) is 0.978. The minimum Gasteiger partial charge on any atom is -0.332 e. The van der Waals surface area contributed by atoms with E-state index < -0.39 is 0 Å². The highest BCUT2D eigenvalue weighted by atomic mass is 16.2. The Labute approximate surface area is 95.7 Å². The summed E-state index contributed by atoms with van der Waals surface area (Å²) in [4.78, 5) is 20.1. The number of nitrogens with zero attached hydrogens (tertiary/aromatic N) is 4. The highest BCUT2D eigenvalue weighted by Gasteiger charge is 2.23. The number of urea groups is 1. The smallest absolute Gasteiger partial charge is 0.320 e. The van der Waals surface area contributed by atoms with Crippen molar-refractivity contribution in [3.05, 3.63) is 18.2 Å². The lowest BCUT2D eigenvalue weighted by Crippen LogP contribution is -2.46. The number of hydrogen-bond acceptors (Lipinski definition) is 2. The van der Waals surface area contributed by atoms with E-state index in [0.717, 1.165) is 32.0 Å². The van der Waals surface area contributed by atoms with Gasteiger partial charge in [-0.3, -0.25) is 0 Å². The fourth-order valence-corrected chi connectivity index (χ4v) is 2.03. The fourth-order valence-electron chi connectivity index (χ4n) is 2.03. The summed E-state index contributed by atoms with van der Waals surface area (Å²) in [7, 11) is 0. The number of amides is 2. The zero-order valence-corrected chi connectivity index (χ0v) is 9.89. The summed E-state index contributed by atoms with van der Waals surface area (Å²) in [6, 6.07) is 0.124. The molecule has 88 valence electrons. The topological polar surface area (TPSA) is 41.4 Å². The van der Waals surface area contributed by atoms with Crippen molar-refractivity contribution in [1.82, 2.24) is 19.4 Å². The van der Waals surface area contributed by atoms with Crippen LogP contribution < -0.4 is 0 Å². The van der Waals surface area contributed by atoms with E-state index in [1.165, 1.54) is 0 Å². The summed E-state index contributed by atoms with van der Waals surface area (Å²) in [6.45, 7) is 7.79. The summed E-state index contributed by atoms with van der Waals surface area (Å²) in [5.41, 5.74) is 0. The quantitative estimate of drug-likeness (QED) is 0.753. The van der Waals surface area contributed by atoms with Crippen LogP contribution in [-0.2, 0) is 13.1 Å².